The largest absolute Gasteiger partial charge is 0.319 e. The summed E-state index contributed by atoms with van der Waals surface area (Å²) in [5.74, 6) is 0.354. The van der Waals surface area contributed by atoms with Crippen LogP contribution in [0.1, 0.15) is 13.8 Å². The van der Waals surface area contributed by atoms with Gasteiger partial charge in [0, 0.05) is 12.7 Å². The summed E-state index contributed by atoms with van der Waals surface area (Å²) in [5.41, 5.74) is 2.15. The highest BCUT2D eigenvalue weighted by Crippen LogP contribution is 2.28. The Hall–Kier alpha value is -2.31. The number of hydrogen-bond acceptors (Lipinski definition) is 4. The number of rotatable bonds is 6. The summed E-state index contributed by atoms with van der Waals surface area (Å²) in [4.78, 5) is 21.0. The van der Waals surface area contributed by atoms with E-state index in [9.17, 15) is 4.79 Å². The van der Waals surface area contributed by atoms with Gasteiger partial charge in [-0.15, -0.1) is 0 Å². The van der Waals surface area contributed by atoms with Gasteiger partial charge in [-0.05, 0) is 31.5 Å². The Balaban J connectivity index is 1.73. The Morgan fingerprint density at radius 3 is 2.62 bits per heavy atom. The van der Waals surface area contributed by atoms with Crippen molar-refractivity contribution in [3.05, 3.63) is 59.9 Å². The molecule has 1 atom stereocenters. The summed E-state index contributed by atoms with van der Waals surface area (Å²) in [5, 5.41) is 3.83. The van der Waals surface area contributed by atoms with E-state index in [0.717, 1.165) is 23.0 Å². The minimum Gasteiger partial charge on any atom is -0.319 e. The maximum atomic E-state index is 12.4. The molecule has 0 spiro atoms. The Morgan fingerprint density at radius 2 is 1.96 bits per heavy atom. The third kappa shape index (κ3) is 4.26. The highest BCUT2D eigenvalue weighted by Gasteiger charge is 2.19. The van der Waals surface area contributed by atoms with E-state index >= 15 is 0 Å². The maximum Gasteiger partial charge on any atom is 0.238 e. The van der Waals surface area contributed by atoms with E-state index in [0.29, 0.717) is 10.8 Å². The zero-order chi connectivity index (χ0) is 18.5. The molecule has 0 aliphatic rings. The monoisotopic (exact) mass is 386 g/mol. The zero-order valence-corrected chi connectivity index (χ0v) is 16.1. The van der Waals surface area contributed by atoms with Gasteiger partial charge in [0.05, 0.1) is 22.2 Å². The lowest BCUT2D eigenvalue weighted by Crippen LogP contribution is -2.23. The first-order chi connectivity index (χ1) is 12.6. The first-order valence-electron chi connectivity index (χ1n) is 8.28. The van der Waals surface area contributed by atoms with Crippen LogP contribution in [0.5, 0.6) is 0 Å². The van der Waals surface area contributed by atoms with Gasteiger partial charge in [0.25, 0.3) is 0 Å². The lowest BCUT2D eigenvalue weighted by atomic mass is 10.2. The highest BCUT2D eigenvalue weighted by molar-refractivity contribution is 8.00. The number of carbonyl (C=O) groups is 1. The SMILES string of the molecule is CCn1c(-c2ccccc2)cnc1SC(C)C(=O)Nc1ccc(Cl)cn1. The van der Waals surface area contributed by atoms with Crippen molar-refractivity contribution in [1.82, 2.24) is 14.5 Å². The van der Waals surface area contributed by atoms with Crippen LogP contribution in [-0.4, -0.2) is 25.7 Å². The van der Waals surface area contributed by atoms with E-state index < -0.39 is 0 Å². The Kier molecular flexibility index (Phi) is 5.96. The number of nitrogens with zero attached hydrogens (tertiary/aromatic N) is 3. The predicted octanol–water partition coefficient (Wildman–Crippen LogP) is 4.74. The van der Waals surface area contributed by atoms with Crippen molar-refractivity contribution >= 4 is 35.1 Å². The number of nitrogens with one attached hydrogen (secondary N) is 1. The van der Waals surface area contributed by atoms with E-state index in [1.807, 2.05) is 31.3 Å². The summed E-state index contributed by atoms with van der Waals surface area (Å²) >= 11 is 7.24. The van der Waals surface area contributed by atoms with Gasteiger partial charge in [0.15, 0.2) is 5.16 Å². The molecular formula is C19H19ClN4OS. The molecule has 3 rings (SSSR count). The average Bonchev–Trinajstić information content (AvgIpc) is 3.06. The summed E-state index contributed by atoms with van der Waals surface area (Å²) in [6.45, 7) is 4.70. The van der Waals surface area contributed by atoms with Gasteiger partial charge in [-0.25, -0.2) is 9.97 Å². The topological polar surface area (TPSA) is 59.8 Å². The van der Waals surface area contributed by atoms with Crippen LogP contribution >= 0.6 is 23.4 Å². The molecule has 1 amide bonds. The molecule has 1 aromatic carbocycles. The molecule has 3 aromatic rings. The van der Waals surface area contributed by atoms with Gasteiger partial charge < -0.3 is 9.88 Å². The fourth-order valence-electron chi connectivity index (χ4n) is 2.49. The van der Waals surface area contributed by atoms with Gasteiger partial charge in [0.2, 0.25) is 5.91 Å². The minimum absolute atomic E-state index is 0.128. The lowest BCUT2D eigenvalue weighted by molar-refractivity contribution is -0.115. The number of amides is 1. The van der Waals surface area contributed by atoms with Crippen LogP contribution in [0.2, 0.25) is 5.02 Å². The number of halogens is 1. The van der Waals surface area contributed by atoms with Crippen LogP contribution in [-0.2, 0) is 11.3 Å². The second-order valence-electron chi connectivity index (χ2n) is 5.65. The first kappa shape index (κ1) is 18.5. The number of imidazole rings is 1. The molecule has 1 unspecified atom stereocenters. The molecule has 2 heterocycles. The third-order valence-corrected chi connectivity index (χ3v) is 5.16. The van der Waals surface area contributed by atoms with Crippen molar-refractivity contribution in [2.24, 2.45) is 0 Å². The summed E-state index contributed by atoms with van der Waals surface area (Å²) in [6.07, 6.45) is 3.36. The number of pyridine rings is 1. The van der Waals surface area contributed by atoms with E-state index in [-0.39, 0.29) is 11.2 Å². The van der Waals surface area contributed by atoms with Crippen molar-refractivity contribution in [1.29, 1.82) is 0 Å². The van der Waals surface area contributed by atoms with Crippen molar-refractivity contribution in [2.75, 3.05) is 5.32 Å². The molecule has 0 aliphatic heterocycles. The first-order valence-corrected chi connectivity index (χ1v) is 9.54. The van der Waals surface area contributed by atoms with Gasteiger partial charge in [0.1, 0.15) is 5.82 Å². The Labute approximate surface area is 161 Å². The van der Waals surface area contributed by atoms with E-state index in [1.165, 1.54) is 18.0 Å². The highest BCUT2D eigenvalue weighted by atomic mass is 35.5. The zero-order valence-electron chi connectivity index (χ0n) is 14.5. The van der Waals surface area contributed by atoms with Gasteiger partial charge in [-0.2, -0.15) is 0 Å². The normalized spacial score (nSPS) is 12.0. The van der Waals surface area contributed by atoms with Crippen LogP contribution in [0.3, 0.4) is 0 Å². The van der Waals surface area contributed by atoms with Crippen molar-refractivity contribution in [3.63, 3.8) is 0 Å². The molecule has 7 heteroatoms. The molecule has 5 nitrogen and oxygen atoms in total. The fraction of sp³-hybridized carbons (Fsp3) is 0.211. The average molecular weight is 387 g/mol. The molecule has 0 bridgehead atoms. The summed E-state index contributed by atoms with van der Waals surface area (Å²) in [7, 11) is 0. The molecule has 0 radical (unpaired) electrons. The smallest absolute Gasteiger partial charge is 0.238 e. The van der Waals surface area contributed by atoms with Crippen molar-refractivity contribution in [3.8, 4) is 11.3 Å². The van der Waals surface area contributed by atoms with Crippen LogP contribution < -0.4 is 5.32 Å². The van der Waals surface area contributed by atoms with Gasteiger partial charge in [-0.3, -0.25) is 4.79 Å². The molecule has 26 heavy (non-hydrogen) atoms. The molecule has 0 fully saturated rings. The Morgan fingerprint density at radius 1 is 1.19 bits per heavy atom. The standard InChI is InChI=1S/C19H19ClN4OS/c1-3-24-16(14-7-5-4-6-8-14)12-22-19(24)26-13(2)18(25)23-17-10-9-15(20)11-21-17/h4-13H,3H2,1-2H3,(H,21,23,25). The van der Waals surface area contributed by atoms with Crippen LogP contribution in [0.4, 0.5) is 5.82 Å². The van der Waals surface area contributed by atoms with E-state index in [4.69, 9.17) is 11.6 Å². The fourth-order valence-corrected chi connectivity index (χ4v) is 3.55. The maximum absolute atomic E-state index is 12.4. The van der Waals surface area contributed by atoms with Crippen LogP contribution in [0.15, 0.2) is 60.0 Å². The molecule has 0 saturated heterocycles. The van der Waals surface area contributed by atoms with Gasteiger partial charge >= 0.3 is 0 Å². The predicted molar refractivity (Wildman–Crippen MR) is 107 cm³/mol. The van der Waals surface area contributed by atoms with E-state index in [1.54, 1.807) is 12.1 Å². The summed E-state index contributed by atoms with van der Waals surface area (Å²) in [6, 6.07) is 13.5. The number of anilines is 1. The molecular weight excluding hydrogens is 368 g/mol. The number of carbonyl (C=O) groups excluding carboxylic acids is 1. The second-order valence-corrected chi connectivity index (χ2v) is 7.39. The third-order valence-electron chi connectivity index (χ3n) is 3.83. The molecule has 2 aromatic heterocycles. The second kappa shape index (κ2) is 8.38. The molecule has 0 aliphatic carbocycles. The number of thioether (sulfide) groups is 1. The Bertz CT molecular complexity index is 880. The van der Waals surface area contributed by atoms with Crippen molar-refractivity contribution < 1.29 is 4.79 Å². The number of benzene rings is 1. The molecule has 1 N–H and O–H groups in total. The van der Waals surface area contributed by atoms with E-state index in [2.05, 4.69) is 38.9 Å². The quantitative estimate of drug-likeness (QED) is 0.622. The number of aromatic nitrogens is 3. The van der Waals surface area contributed by atoms with Gasteiger partial charge in [-0.1, -0.05) is 53.7 Å². The molecule has 0 saturated carbocycles. The number of hydrogen-bond donors (Lipinski definition) is 1. The van der Waals surface area contributed by atoms with Crippen LogP contribution in [0.25, 0.3) is 11.3 Å². The molecule has 134 valence electrons. The van der Waals surface area contributed by atoms with Crippen LogP contribution in [0, 0.1) is 0 Å². The van der Waals surface area contributed by atoms with Crippen molar-refractivity contribution in [2.45, 2.75) is 30.8 Å². The minimum atomic E-state index is -0.316. The lowest BCUT2D eigenvalue weighted by Gasteiger charge is -2.13. The summed E-state index contributed by atoms with van der Waals surface area (Å²) < 4.78 is 2.12.